The monoisotopic (exact) mass is 284 g/mol. The van der Waals surface area contributed by atoms with Gasteiger partial charge in [0.25, 0.3) is 0 Å². The topological polar surface area (TPSA) is 38.7 Å². The lowest BCUT2D eigenvalue weighted by Crippen LogP contribution is -2.20. The second-order valence-electron chi connectivity index (χ2n) is 5.31. The highest BCUT2D eigenvalue weighted by atomic mass is 16.5. The number of hydrogen-bond donors (Lipinski definition) is 1. The molecule has 1 aliphatic rings. The van der Waals surface area contributed by atoms with Crippen molar-refractivity contribution >= 4 is 0 Å². The number of hydrogen-bond acceptors (Lipinski definition) is 3. The summed E-state index contributed by atoms with van der Waals surface area (Å²) in [5, 5.41) is 10.4. The molecule has 21 heavy (non-hydrogen) atoms. The first-order valence-electron chi connectivity index (χ1n) is 7.33. The highest BCUT2D eigenvalue weighted by Crippen LogP contribution is 2.42. The fourth-order valence-corrected chi connectivity index (χ4v) is 2.91. The zero-order valence-corrected chi connectivity index (χ0v) is 12.4. The predicted octanol–water partition coefficient (Wildman–Crippen LogP) is 3.81. The molecule has 1 heterocycles. The van der Waals surface area contributed by atoms with Gasteiger partial charge in [-0.2, -0.15) is 0 Å². The maximum atomic E-state index is 10.4. The van der Waals surface area contributed by atoms with E-state index in [2.05, 4.69) is 19.1 Å². The summed E-state index contributed by atoms with van der Waals surface area (Å²) >= 11 is 0. The van der Waals surface area contributed by atoms with Crippen molar-refractivity contribution in [3.05, 3.63) is 59.2 Å². The van der Waals surface area contributed by atoms with Crippen LogP contribution in [0.25, 0.3) is 0 Å². The van der Waals surface area contributed by atoms with E-state index in [-0.39, 0.29) is 6.10 Å². The highest BCUT2D eigenvalue weighted by molar-refractivity contribution is 5.44. The van der Waals surface area contributed by atoms with Gasteiger partial charge in [-0.15, -0.1) is 0 Å². The van der Waals surface area contributed by atoms with E-state index in [1.54, 1.807) is 7.11 Å². The Kier molecular flexibility index (Phi) is 3.84. The van der Waals surface area contributed by atoms with Crippen LogP contribution in [0, 0.1) is 0 Å². The Balaban J connectivity index is 1.97. The van der Waals surface area contributed by atoms with Gasteiger partial charge in [-0.3, -0.25) is 0 Å². The Morgan fingerprint density at radius 1 is 1.19 bits per heavy atom. The molecule has 0 spiro atoms. The zero-order chi connectivity index (χ0) is 14.8. The zero-order valence-electron chi connectivity index (χ0n) is 12.4. The number of ether oxygens (including phenoxy) is 2. The van der Waals surface area contributed by atoms with Crippen molar-refractivity contribution in [2.45, 2.75) is 32.0 Å². The molecular weight excluding hydrogens is 264 g/mol. The average Bonchev–Trinajstić information content (AvgIpc) is 2.54. The van der Waals surface area contributed by atoms with E-state index in [0.717, 1.165) is 23.3 Å². The summed E-state index contributed by atoms with van der Waals surface area (Å²) in [6.45, 7) is 2.13. The van der Waals surface area contributed by atoms with Gasteiger partial charge in [0.1, 0.15) is 17.6 Å². The molecule has 2 atom stereocenters. The molecule has 1 aliphatic heterocycles. The largest absolute Gasteiger partial charge is 0.497 e. The van der Waals surface area contributed by atoms with Gasteiger partial charge in [0.15, 0.2) is 0 Å². The summed E-state index contributed by atoms with van der Waals surface area (Å²) in [5.41, 5.74) is 3.26. The number of rotatable bonds is 3. The van der Waals surface area contributed by atoms with E-state index in [1.165, 1.54) is 5.56 Å². The van der Waals surface area contributed by atoms with Crippen LogP contribution in [0.4, 0.5) is 0 Å². The Morgan fingerprint density at radius 2 is 2.00 bits per heavy atom. The number of fused-ring (bicyclic) bond motifs is 1. The second kappa shape index (κ2) is 5.78. The molecule has 3 heteroatoms. The van der Waals surface area contributed by atoms with Crippen LogP contribution < -0.4 is 9.47 Å². The van der Waals surface area contributed by atoms with Crippen LogP contribution in [0.1, 0.15) is 42.2 Å². The fourth-order valence-electron chi connectivity index (χ4n) is 2.91. The van der Waals surface area contributed by atoms with Crippen molar-refractivity contribution in [1.29, 1.82) is 0 Å². The van der Waals surface area contributed by atoms with Crippen molar-refractivity contribution in [3.63, 3.8) is 0 Å². The van der Waals surface area contributed by atoms with Crippen molar-refractivity contribution in [1.82, 2.24) is 0 Å². The highest BCUT2D eigenvalue weighted by Gasteiger charge is 2.29. The van der Waals surface area contributed by atoms with Crippen LogP contribution in [0.2, 0.25) is 0 Å². The summed E-state index contributed by atoms with van der Waals surface area (Å²) in [6.07, 6.45) is 0.915. The Morgan fingerprint density at radius 3 is 2.76 bits per heavy atom. The van der Waals surface area contributed by atoms with E-state index in [4.69, 9.17) is 9.47 Å². The fraction of sp³-hybridized carbons (Fsp3) is 0.333. The van der Waals surface area contributed by atoms with E-state index in [1.807, 2.05) is 30.3 Å². The molecule has 1 unspecified atom stereocenters. The van der Waals surface area contributed by atoms with Crippen LogP contribution in [0.15, 0.2) is 42.5 Å². The summed E-state index contributed by atoms with van der Waals surface area (Å²) < 4.78 is 11.4. The van der Waals surface area contributed by atoms with E-state index < -0.39 is 6.10 Å². The minimum Gasteiger partial charge on any atom is -0.497 e. The van der Waals surface area contributed by atoms with Crippen molar-refractivity contribution in [3.8, 4) is 11.5 Å². The Hall–Kier alpha value is -2.00. The third kappa shape index (κ3) is 2.61. The SMILES string of the molecule is CCc1ccccc1C1C[C@H](O)c2ccc(OC)cc2O1. The predicted molar refractivity (Wildman–Crippen MR) is 81.8 cm³/mol. The third-order valence-corrected chi connectivity index (χ3v) is 4.07. The number of benzene rings is 2. The molecule has 1 N–H and O–H groups in total. The van der Waals surface area contributed by atoms with Gasteiger partial charge >= 0.3 is 0 Å². The molecule has 3 nitrogen and oxygen atoms in total. The molecule has 0 aromatic heterocycles. The molecule has 3 rings (SSSR count). The van der Waals surface area contributed by atoms with Crippen molar-refractivity contribution < 1.29 is 14.6 Å². The normalized spacial score (nSPS) is 20.5. The molecule has 0 saturated carbocycles. The van der Waals surface area contributed by atoms with Gasteiger partial charge in [-0.25, -0.2) is 0 Å². The van der Waals surface area contributed by atoms with Crippen LogP contribution in [-0.4, -0.2) is 12.2 Å². The van der Waals surface area contributed by atoms with Crippen LogP contribution in [0.5, 0.6) is 11.5 Å². The first-order chi connectivity index (χ1) is 10.2. The minimum absolute atomic E-state index is 0.115. The number of aliphatic hydroxyl groups is 1. The standard InChI is InChI=1S/C18H20O3/c1-3-12-6-4-5-7-14(12)18-11-16(19)15-9-8-13(20-2)10-17(15)21-18/h4-10,16,18-19H,3,11H2,1-2H3/t16-,18?/m0/s1. The smallest absolute Gasteiger partial charge is 0.129 e. The first kappa shape index (κ1) is 14.0. The van der Waals surface area contributed by atoms with Crippen LogP contribution in [-0.2, 0) is 6.42 Å². The average molecular weight is 284 g/mol. The van der Waals surface area contributed by atoms with Gasteiger partial charge in [0.05, 0.1) is 13.2 Å². The van der Waals surface area contributed by atoms with Gasteiger partial charge in [-0.1, -0.05) is 31.2 Å². The summed E-state index contributed by atoms with van der Waals surface area (Å²) in [7, 11) is 1.63. The Labute approximate surface area is 125 Å². The van der Waals surface area contributed by atoms with E-state index >= 15 is 0 Å². The molecule has 0 bridgehead atoms. The third-order valence-electron chi connectivity index (χ3n) is 4.07. The van der Waals surface area contributed by atoms with Crippen molar-refractivity contribution in [2.24, 2.45) is 0 Å². The van der Waals surface area contributed by atoms with Crippen molar-refractivity contribution in [2.75, 3.05) is 7.11 Å². The van der Waals surface area contributed by atoms with E-state index in [9.17, 15) is 5.11 Å². The molecule has 0 fully saturated rings. The number of aliphatic hydroxyl groups excluding tert-OH is 1. The molecule has 110 valence electrons. The van der Waals surface area contributed by atoms with Gasteiger partial charge in [0, 0.05) is 18.1 Å². The number of methoxy groups -OCH3 is 1. The van der Waals surface area contributed by atoms with Crippen LogP contribution in [0.3, 0.4) is 0 Å². The lowest BCUT2D eigenvalue weighted by Gasteiger charge is -2.31. The number of aryl methyl sites for hydroxylation is 1. The summed E-state index contributed by atoms with van der Waals surface area (Å²) in [5.74, 6) is 1.45. The molecule has 0 aliphatic carbocycles. The van der Waals surface area contributed by atoms with Gasteiger partial charge in [-0.05, 0) is 29.7 Å². The summed E-state index contributed by atoms with van der Waals surface area (Å²) in [6, 6.07) is 13.8. The van der Waals surface area contributed by atoms with Crippen LogP contribution >= 0.6 is 0 Å². The first-order valence-corrected chi connectivity index (χ1v) is 7.33. The molecule has 2 aromatic rings. The lowest BCUT2D eigenvalue weighted by atomic mass is 9.92. The maximum absolute atomic E-state index is 10.4. The minimum atomic E-state index is -0.505. The van der Waals surface area contributed by atoms with E-state index in [0.29, 0.717) is 12.2 Å². The van der Waals surface area contributed by atoms with Gasteiger partial charge in [0.2, 0.25) is 0 Å². The van der Waals surface area contributed by atoms with Gasteiger partial charge < -0.3 is 14.6 Å². The molecule has 0 radical (unpaired) electrons. The molecule has 2 aromatic carbocycles. The maximum Gasteiger partial charge on any atom is 0.129 e. The second-order valence-corrected chi connectivity index (χ2v) is 5.31. The molecular formula is C18H20O3. The summed E-state index contributed by atoms with van der Waals surface area (Å²) in [4.78, 5) is 0. The molecule has 0 saturated heterocycles. The molecule has 0 amide bonds. The lowest BCUT2D eigenvalue weighted by molar-refractivity contribution is 0.0651. The Bertz CT molecular complexity index is 636. The quantitative estimate of drug-likeness (QED) is 0.931.